The van der Waals surface area contributed by atoms with Crippen LogP contribution in [0, 0.1) is 5.92 Å². The summed E-state index contributed by atoms with van der Waals surface area (Å²) in [4.78, 5) is 0. The highest BCUT2D eigenvalue weighted by molar-refractivity contribution is 7.85. The van der Waals surface area contributed by atoms with E-state index in [0.29, 0.717) is 0 Å². The molecule has 0 spiro atoms. The zero-order chi connectivity index (χ0) is 10.7. The van der Waals surface area contributed by atoms with Crippen molar-refractivity contribution in [2.75, 3.05) is 12.9 Å². The van der Waals surface area contributed by atoms with Crippen LogP contribution in [0.1, 0.15) is 20.3 Å². The Morgan fingerprint density at radius 3 is 2.15 bits per heavy atom. The van der Waals surface area contributed by atoms with E-state index in [1.165, 1.54) is 0 Å². The van der Waals surface area contributed by atoms with Crippen LogP contribution in [0.5, 0.6) is 0 Å². The first-order chi connectivity index (χ1) is 5.65. The molecule has 0 aliphatic carbocycles. The Kier molecular flexibility index (Phi) is 4.31. The molecule has 80 valence electrons. The van der Waals surface area contributed by atoms with Crippen molar-refractivity contribution in [3.63, 3.8) is 0 Å². The third-order valence-electron chi connectivity index (χ3n) is 1.69. The molecular formula is C7H16O5S. The zero-order valence-corrected chi connectivity index (χ0v) is 8.84. The van der Waals surface area contributed by atoms with Gasteiger partial charge in [0.2, 0.25) is 0 Å². The van der Waals surface area contributed by atoms with Gasteiger partial charge in [0, 0.05) is 12.3 Å². The summed E-state index contributed by atoms with van der Waals surface area (Å²) >= 11 is 0. The van der Waals surface area contributed by atoms with Gasteiger partial charge in [0.05, 0.1) is 12.9 Å². The fourth-order valence-corrected chi connectivity index (χ4v) is 1.02. The van der Waals surface area contributed by atoms with Gasteiger partial charge < -0.3 is 10.2 Å². The monoisotopic (exact) mass is 212 g/mol. The van der Waals surface area contributed by atoms with Gasteiger partial charge in [0.1, 0.15) is 0 Å². The second kappa shape index (κ2) is 4.36. The van der Waals surface area contributed by atoms with E-state index in [1.807, 2.05) is 0 Å². The van der Waals surface area contributed by atoms with Crippen LogP contribution in [-0.4, -0.2) is 37.3 Å². The van der Waals surface area contributed by atoms with E-state index >= 15 is 0 Å². The molecule has 13 heavy (non-hydrogen) atoms. The van der Waals surface area contributed by atoms with E-state index in [9.17, 15) is 18.6 Å². The Morgan fingerprint density at radius 1 is 1.38 bits per heavy atom. The normalized spacial score (nSPS) is 13.7. The van der Waals surface area contributed by atoms with E-state index in [0.717, 1.165) is 6.26 Å². The minimum atomic E-state index is -3.49. The molecule has 0 saturated carbocycles. The molecular weight excluding hydrogens is 196 g/mol. The van der Waals surface area contributed by atoms with Crippen LogP contribution in [0.15, 0.2) is 0 Å². The van der Waals surface area contributed by atoms with Crippen molar-refractivity contribution in [1.82, 2.24) is 0 Å². The maximum Gasteiger partial charge on any atom is 0.264 e. The van der Waals surface area contributed by atoms with Crippen LogP contribution < -0.4 is 0 Å². The van der Waals surface area contributed by atoms with E-state index < -0.39 is 15.9 Å². The van der Waals surface area contributed by atoms with Crippen molar-refractivity contribution < 1.29 is 22.8 Å². The summed E-state index contributed by atoms with van der Waals surface area (Å²) in [6.45, 7) is 3.03. The number of hydrogen-bond acceptors (Lipinski definition) is 5. The maximum atomic E-state index is 10.5. The van der Waals surface area contributed by atoms with Gasteiger partial charge in [0.25, 0.3) is 10.1 Å². The first kappa shape index (κ1) is 12.8. The molecule has 0 aliphatic heterocycles. The Bertz CT molecular complexity index is 242. The van der Waals surface area contributed by atoms with E-state index in [-0.39, 0.29) is 18.9 Å². The molecule has 0 aromatic rings. The molecule has 6 heteroatoms. The molecule has 5 nitrogen and oxygen atoms in total. The highest BCUT2D eigenvalue weighted by Crippen LogP contribution is 2.17. The summed E-state index contributed by atoms with van der Waals surface area (Å²) in [7, 11) is -3.49. The number of hydrogen-bond donors (Lipinski definition) is 2. The highest BCUT2D eigenvalue weighted by Gasteiger charge is 2.27. The Balaban J connectivity index is 3.90. The van der Waals surface area contributed by atoms with E-state index in [2.05, 4.69) is 4.18 Å². The van der Waals surface area contributed by atoms with Crippen LogP contribution >= 0.6 is 0 Å². The van der Waals surface area contributed by atoms with Gasteiger partial charge in [0.15, 0.2) is 5.79 Å². The lowest BCUT2D eigenvalue weighted by molar-refractivity contribution is -0.199. The van der Waals surface area contributed by atoms with Gasteiger partial charge in [-0.15, -0.1) is 0 Å². The summed E-state index contributed by atoms with van der Waals surface area (Å²) in [6.07, 6.45) is 0.788. The quantitative estimate of drug-likeness (QED) is 0.482. The van der Waals surface area contributed by atoms with Crippen molar-refractivity contribution in [3.8, 4) is 0 Å². The topological polar surface area (TPSA) is 83.8 Å². The molecule has 0 aromatic carbocycles. The SMILES string of the molecule is CC(C)C(O)(O)CCOS(C)(=O)=O. The summed E-state index contributed by atoms with van der Waals surface area (Å²) < 4.78 is 25.4. The molecule has 0 fully saturated rings. The van der Waals surface area contributed by atoms with E-state index in [4.69, 9.17) is 0 Å². The molecule has 0 atom stereocenters. The first-order valence-electron chi connectivity index (χ1n) is 3.94. The average molecular weight is 212 g/mol. The molecule has 0 bridgehead atoms. The average Bonchev–Trinajstić information content (AvgIpc) is 1.82. The number of rotatable bonds is 5. The zero-order valence-electron chi connectivity index (χ0n) is 8.02. The maximum absolute atomic E-state index is 10.5. The minimum absolute atomic E-state index is 0.127. The minimum Gasteiger partial charge on any atom is -0.365 e. The van der Waals surface area contributed by atoms with Gasteiger partial charge in [-0.2, -0.15) is 8.42 Å². The lowest BCUT2D eigenvalue weighted by Crippen LogP contribution is -2.36. The summed E-state index contributed by atoms with van der Waals surface area (Å²) in [5.74, 6) is -2.24. The summed E-state index contributed by atoms with van der Waals surface area (Å²) in [6, 6.07) is 0. The van der Waals surface area contributed by atoms with Gasteiger partial charge in [-0.3, -0.25) is 4.18 Å². The second-order valence-corrected chi connectivity index (χ2v) is 4.95. The highest BCUT2D eigenvalue weighted by atomic mass is 32.2. The molecule has 0 radical (unpaired) electrons. The van der Waals surface area contributed by atoms with Crippen LogP contribution in [0.4, 0.5) is 0 Å². The summed E-state index contributed by atoms with van der Waals surface area (Å²) in [5.41, 5.74) is 0. The largest absolute Gasteiger partial charge is 0.365 e. The molecule has 0 saturated heterocycles. The van der Waals surface area contributed by atoms with E-state index in [1.54, 1.807) is 13.8 Å². The third kappa shape index (κ3) is 5.98. The Morgan fingerprint density at radius 2 is 1.85 bits per heavy atom. The van der Waals surface area contributed by atoms with Crippen LogP contribution in [0.3, 0.4) is 0 Å². The van der Waals surface area contributed by atoms with Gasteiger partial charge in [-0.1, -0.05) is 13.8 Å². The van der Waals surface area contributed by atoms with Crippen molar-refractivity contribution in [2.24, 2.45) is 5.92 Å². The smallest absolute Gasteiger partial charge is 0.264 e. The molecule has 0 amide bonds. The molecule has 2 N–H and O–H groups in total. The predicted molar refractivity (Wildman–Crippen MR) is 47.4 cm³/mol. The second-order valence-electron chi connectivity index (χ2n) is 3.31. The predicted octanol–water partition coefficient (Wildman–Crippen LogP) is -0.310. The molecule has 0 unspecified atom stereocenters. The standard InChI is InChI=1S/C7H16O5S/c1-6(2)7(8,9)4-5-12-13(3,10)11/h6,8-9H,4-5H2,1-3H3. The van der Waals surface area contributed by atoms with Crippen molar-refractivity contribution in [2.45, 2.75) is 26.1 Å². The number of aliphatic hydroxyl groups is 2. The van der Waals surface area contributed by atoms with Gasteiger partial charge >= 0.3 is 0 Å². The van der Waals surface area contributed by atoms with Crippen LogP contribution in [0.25, 0.3) is 0 Å². The molecule has 0 aromatic heterocycles. The van der Waals surface area contributed by atoms with Gasteiger partial charge in [-0.05, 0) is 0 Å². The fourth-order valence-electron chi connectivity index (χ4n) is 0.632. The first-order valence-corrected chi connectivity index (χ1v) is 5.76. The Labute approximate surface area is 78.5 Å². The Hall–Kier alpha value is -0.170. The molecule has 0 rings (SSSR count). The van der Waals surface area contributed by atoms with Crippen molar-refractivity contribution >= 4 is 10.1 Å². The van der Waals surface area contributed by atoms with Crippen molar-refractivity contribution in [1.29, 1.82) is 0 Å². The lowest BCUT2D eigenvalue weighted by Gasteiger charge is -2.25. The lowest BCUT2D eigenvalue weighted by atomic mass is 10.0. The van der Waals surface area contributed by atoms with Crippen LogP contribution in [0.2, 0.25) is 0 Å². The van der Waals surface area contributed by atoms with Gasteiger partial charge in [-0.25, -0.2) is 0 Å². The van der Waals surface area contributed by atoms with Crippen molar-refractivity contribution in [3.05, 3.63) is 0 Å². The van der Waals surface area contributed by atoms with Crippen LogP contribution in [-0.2, 0) is 14.3 Å². The third-order valence-corrected chi connectivity index (χ3v) is 2.29. The fraction of sp³-hybridized carbons (Fsp3) is 1.00. The summed E-state index contributed by atoms with van der Waals surface area (Å²) in [5, 5.41) is 18.5. The molecule has 0 heterocycles. The molecule has 0 aliphatic rings.